The molecule has 1 atom stereocenters. The molecule has 1 nitrogen and oxygen atoms in total. The molecule has 0 aromatic rings. The van der Waals surface area contributed by atoms with Crippen LogP contribution in [0.4, 0.5) is 0 Å². The molecule has 0 N–H and O–H groups in total. The van der Waals surface area contributed by atoms with Crippen molar-refractivity contribution in [1.29, 1.82) is 0 Å². The van der Waals surface area contributed by atoms with E-state index < -0.39 is 0 Å². The molecule has 0 aliphatic carbocycles. The Morgan fingerprint density at radius 1 is 0.636 bits per heavy atom. The average Bonchev–Trinajstić information content (AvgIpc) is 2.54. The van der Waals surface area contributed by atoms with Crippen molar-refractivity contribution in [3.8, 4) is 0 Å². The number of carbonyl (C=O) groups excluding carboxylic acids is 1. The van der Waals surface area contributed by atoms with E-state index in [1.807, 2.05) is 0 Å². The van der Waals surface area contributed by atoms with Crippen molar-refractivity contribution in [2.24, 2.45) is 5.92 Å². The predicted octanol–water partition coefficient (Wildman–Crippen LogP) is 7.25. The van der Waals surface area contributed by atoms with Crippen LogP contribution in [-0.2, 0) is 4.79 Å². The summed E-state index contributed by atoms with van der Waals surface area (Å²) in [5.41, 5.74) is 0. The Kier molecular flexibility index (Phi) is 18.0. The molecule has 22 heavy (non-hydrogen) atoms. The van der Waals surface area contributed by atoms with E-state index in [0.717, 1.165) is 19.3 Å². The van der Waals surface area contributed by atoms with Gasteiger partial charge in [-0.05, 0) is 32.1 Å². The van der Waals surface area contributed by atoms with E-state index in [9.17, 15) is 4.79 Å². The number of allylic oxidation sites excluding steroid dienone is 2. The van der Waals surface area contributed by atoms with Gasteiger partial charge >= 0.3 is 0 Å². The Balaban J connectivity index is 3.42. The van der Waals surface area contributed by atoms with Crippen molar-refractivity contribution in [2.75, 3.05) is 0 Å². The third kappa shape index (κ3) is 15.8. The van der Waals surface area contributed by atoms with Crippen LogP contribution >= 0.6 is 0 Å². The molecule has 0 aromatic carbocycles. The van der Waals surface area contributed by atoms with Crippen LogP contribution in [0.3, 0.4) is 0 Å². The first-order valence-corrected chi connectivity index (χ1v) is 9.95. The van der Waals surface area contributed by atoms with E-state index in [1.54, 1.807) is 0 Å². The molecule has 0 spiro atoms. The number of carbonyl (C=O) groups is 1. The second-order valence-electron chi connectivity index (χ2n) is 6.70. The van der Waals surface area contributed by atoms with Gasteiger partial charge in [-0.3, -0.25) is 0 Å². The third-order valence-electron chi connectivity index (χ3n) is 4.47. The molecule has 0 saturated heterocycles. The molecular formula is C21H40O. The Morgan fingerprint density at radius 3 is 1.82 bits per heavy atom. The first-order valence-electron chi connectivity index (χ1n) is 9.95. The van der Waals surface area contributed by atoms with Gasteiger partial charge in [0.1, 0.15) is 6.29 Å². The minimum atomic E-state index is 0.292. The number of rotatable bonds is 17. The molecule has 1 unspecified atom stereocenters. The number of hydrogen-bond donors (Lipinski definition) is 0. The van der Waals surface area contributed by atoms with Crippen LogP contribution in [-0.4, -0.2) is 6.29 Å². The summed E-state index contributed by atoms with van der Waals surface area (Å²) in [5, 5.41) is 0. The van der Waals surface area contributed by atoms with Crippen molar-refractivity contribution >= 4 is 6.29 Å². The largest absolute Gasteiger partial charge is 0.303 e. The highest BCUT2D eigenvalue weighted by Gasteiger charge is 2.05. The normalized spacial score (nSPS) is 12.8. The Hall–Kier alpha value is -0.590. The number of hydrogen-bond acceptors (Lipinski definition) is 1. The van der Waals surface area contributed by atoms with E-state index in [0.29, 0.717) is 5.92 Å². The van der Waals surface area contributed by atoms with Crippen LogP contribution in [0.5, 0.6) is 0 Å². The maximum absolute atomic E-state index is 11.1. The molecule has 0 rings (SSSR count). The zero-order valence-electron chi connectivity index (χ0n) is 15.3. The van der Waals surface area contributed by atoms with E-state index in [1.165, 1.54) is 83.3 Å². The molecule has 0 aliphatic rings. The lowest BCUT2D eigenvalue weighted by molar-refractivity contribution is -0.111. The first-order chi connectivity index (χ1) is 10.8. The SMILES string of the molecule is CCCCCCC/C=C\CCC(C=O)CCCCCCCC. The van der Waals surface area contributed by atoms with Crippen LogP contribution in [0.25, 0.3) is 0 Å². The zero-order chi connectivity index (χ0) is 16.3. The van der Waals surface area contributed by atoms with E-state index in [2.05, 4.69) is 26.0 Å². The van der Waals surface area contributed by atoms with Gasteiger partial charge in [0.25, 0.3) is 0 Å². The molecule has 0 saturated carbocycles. The van der Waals surface area contributed by atoms with Crippen LogP contribution < -0.4 is 0 Å². The summed E-state index contributed by atoms with van der Waals surface area (Å²) in [5.74, 6) is 0.292. The van der Waals surface area contributed by atoms with Gasteiger partial charge in [-0.2, -0.15) is 0 Å². The summed E-state index contributed by atoms with van der Waals surface area (Å²) < 4.78 is 0. The quantitative estimate of drug-likeness (QED) is 0.157. The lowest BCUT2D eigenvalue weighted by atomic mass is 9.97. The monoisotopic (exact) mass is 308 g/mol. The highest BCUT2D eigenvalue weighted by atomic mass is 16.1. The standard InChI is InChI=1S/C21H40O/c1-3-5-7-9-11-12-13-15-17-19-21(20-22)18-16-14-10-8-6-4-2/h13,15,20-21H,3-12,14,16-19H2,1-2H3/b15-13-. The molecule has 0 heterocycles. The minimum Gasteiger partial charge on any atom is -0.303 e. The smallest absolute Gasteiger partial charge is 0.123 e. The van der Waals surface area contributed by atoms with Crippen molar-refractivity contribution in [1.82, 2.24) is 0 Å². The van der Waals surface area contributed by atoms with E-state index in [4.69, 9.17) is 0 Å². The lowest BCUT2D eigenvalue weighted by Gasteiger charge is -2.08. The third-order valence-corrected chi connectivity index (χ3v) is 4.47. The molecule has 0 radical (unpaired) electrons. The Labute approximate surface area is 140 Å². The molecular weight excluding hydrogens is 268 g/mol. The van der Waals surface area contributed by atoms with Crippen molar-refractivity contribution in [3.63, 3.8) is 0 Å². The molecule has 0 aliphatic heterocycles. The van der Waals surface area contributed by atoms with Gasteiger partial charge in [-0.25, -0.2) is 0 Å². The van der Waals surface area contributed by atoms with Gasteiger partial charge < -0.3 is 4.79 Å². The van der Waals surface area contributed by atoms with Crippen LogP contribution in [0.15, 0.2) is 12.2 Å². The molecule has 1 heteroatoms. The van der Waals surface area contributed by atoms with E-state index in [-0.39, 0.29) is 0 Å². The fourth-order valence-electron chi connectivity index (χ4n) is 2.88. The van der Waals surface area contributed by atoms with Gasteiger partial charge in [0.15, 0.2) is 0 Å². The topological polar surface area (TPSA) is 17.1 Å². The molecule has 0 fully saturated rings. The van der Waals surface area contributed by atoms with Gasteiger partial charge in [-0.15, -0.1) is 0 Å². The fraction of sp³-hybridized carbons (Fsp3) is 0.857. The highest BCUT2D eigenvalue weighted by Crippen LogP contribution is 2.15. The van der Waals surface area contributed by atoms with Gasteiger partial charge in [0.2, 0.25) is 0 Å². The zero-order valence-corrected chi connectivity index (χ0v) is 15.3. The summed E-state index contributed by atoms with van der Waals surface area (Å²) >= 11 is 0. The van der Waals surface area contributed by atoms with Crippen molar-refractivity contribution in [2.45, 2.75) is 110 Å². The Morgan fingerprint density at radius 2 is 1.18 bits per heavy atom. The number of unbranched alkanes of at least 4 members (excludes halogenated alkanes) is 10. The maximum Gasteiger partial charge on any atom is 0.123 e. The van der Waals surface area contributed by atoms with E-state index >= 15 is 0 Å². The fourth-order valence-corrected chi connectivity index (χ4v) is 2.88. The summed E-state index contributed by atoms with van der Waals surface area (Å²) in [4.78, 5) is 11.1. The predicted molar refractivity (Wildman–Crippen MR) is 99.3 cm³/mol. The average molecular weight is 309 g/mol. The molecule has 0 bridgehead atoms. The summed E-state index contributed by atoms with van der Waals surface area (Å²) in [7, 11) is 0. The molecule has 0 amide bonds. The van der Waals surface area contributed by atoms with Crippen molar-refractivity contribution < 1.29 is 4.79 Å². The van der Waals surface area contributed by atoms with Gasteiger partial charge in [0, 0.05) is 5.92 Å². The molecule has 130 valence electrons. The lowest BCUT2D eigenvalue weighted by Crippen LogP contribution is -2.01. The van der Waals surface area contributed by atoms with Gasteiger partial charge in [0.05, 0.1) is 0 Å². The second-order valence-corrected chi connectivity index (χ2v) is 6.70. The first kappa shape index (κ1) is 21.4. The van der Waals surface area contributed by atoms with Crippen LogP contribution in [0.1, 0.15) is 110 Å². The summed E-state index contributed by atoms with van der Waals surface area (Å²) in [6.45, 7) is 4.51. The van der Waals surface area contributed by atoms with Crippen LogP contribution in [0.2, 0.25) is 0 Å². The van der Waals surface area contributed by atoms with Crippen molar-refractivity contribution in [3.05, 3.63) is 12.2 Å². The summed E-state index contributed by atoms with van der Waals surface area (Å²) in [6, 6.07) is 0. The van der Waals surface area contributed by atoms with Gasteiger partial charge in [-0.1, -0.05) is 90.2 Å². The summed E-state index contributed by atoms with van der Waals surface area (Å²) in [6.07, 6.45) is 24.9. The number of aldehydes is 1. The molecule has 0 aromatic heterocycles. The van der Waals surface area contributed by atoms with Crippen LogP contribution in [0, 0.1) is 5.92 Å². The minimum absolute atomic E-state index is 0.292. The Bertz CT molecular complexity index is 244. The highest BCUT2D eigenvalue weighted by molar-refractivity contribution is 5.53. The second kappa shape index (κ2) is 18.5. The maximum atomic E-state index is 11.1.